The topological polar surface area (TPSA) is 44.8 Å². The first-order chi connectivity index (χ1) is 12.6. The van der Waals surface area contributed by atoms with Crippen LogP contribution in [0.15, 0.2) is 48.5 Å². The molecular formula is C20H24FN3O2. The van der Waals surface area contributed by atoms with E-state index in [0.717, 1.165) is 37.3 Å². The number of piperazine rings is 1. The molecule has 26 heavy (non-hydrogen) atoms. The lowest BCUT2D eigenvalue weighted by atomic mass is 10.1. The summed E-state index contributed by atoms with van der Waals surface area (Å²) >= 11 is 0. The predicted molar refractivity (Wildman–Crippen MR) is 100 cm³/mol. The van der Waals surface area contributed by atoms with Crippen LogP contribution in [0.4, 0.5) is 14.9 Å². The Bertz CT molecular complexity index is 728. The van der Waals surface area contributed by atoms with E-state index in [1.807, 2.05) is 35.2 Å². The third-order valence-corrected chi connectivity index (χ3v) is 4.61. The fraction of sp³-hybridized carbons (Fsp3) is 0.350. The molecule has 3 rings (SSSR count). The van der Waals surface area contributed by atoms with Crippen LogP contribution in [0.5, 0.6) is 5.75 Å². The van der Waals surface area contributed by atoms with Crippen LogP contribution >= 0.6 is 0 Å². The third-order valence-electron chi connectivity index (χ3n) is 4.61. The minimum Gasteiger partial charge on any atom is -0.497 e. The number of nitrogens with one attached hydrogen (secondary N) is 1. The maximum absolute atomic E-state index is 12.9. The quantitative estimate of drug-likeness (QED) is 0.894. The van der Waals surface area contributed by atoms with Gasteiger partial charge < -0.3 is 15.0 Å². The van der Waals surface area contributed by atoms with Gasteiger partial charge >= 0.3 is 6.03 Å². The molecule has 1 heterocycles. The minimum absolute atomic E-state index is 0.0866. The van der Waals surface area contributed by atoms with E-state index in [1.54, 1.807) is 13.2 Å². The molecule has 0 unspecified atom stereocenters. The summed E-state index contributed by atoms with van der Waals surface area (Å²) in [4.78, 5) is 16.6. The van der Waals surface area contributed by atoms with Crippen LogP contribution < -0.4 is 10.1 Å². The number of carbonyl (C=O) groups is 1. The lowest BCUT2D eigenvalue weighted by Crippen LogP contribution is -2.50. The Balaban J connectivity index is 1.43. The minimum atomic E-state index is -0.204. The molecule has 138 valence electrons. The molecule has 0 aliphatic carbocycles. The highest BCUT2D eigenvalue weighted by molar-refractivity contribution is 5.89. The number of methoxy groups -OCH3 is 1. The molecule has 6 heteroatoms. The van der Waals surface area contributed by atoms with E-state index in [1.165, 1.54) is 12.1 Å². The van der Waals surface area contributed by atoms with Crippen molar-refractivity contribution in [2.75, 3.05) is 45.2 Å². The van der Waals surface area contributed by atoms with Crippen LogP contribution in [0.25, 0.3) is 0 Å². The van der Waals surface area contributed by atoms with Gasteiger partial charge in [0.15, 0.2) is 0 Å². The maximum atomic E-state index is 12.9. The lowest BCUT2D eigenvalue weighted by molar-refractivity contribution is 0.148. The highest BCUT2D eigenvalue weighted by Gasteiger charge is 2.21. The van der Waals surface area contributed by atoms with Crippen molar-refractivity contribution < 1.29 is 13.9 Å². The molecule has 1 N–H and O–H groups in total. The van der Waals surface area contributed by atoms with Crippen LogP contribution in [-0.2, 0) is 6.42 Å². The van der Waals surface area contributed by atoms with Gasteiger partial charge in [-0.25, -0.2) is 9.18 Å². The molecule has 0 spiro atoms. The number of hydrogen-bond donors (Lipinski definition) is 1. The summed E-state index contributed by atoms with van der Waals surface area (Å²) in [6, 6.07) is 13.9. The number of ether oxygens (including phenoxy) is 1. The van der Waals surface area contributed by atoms with Gasteiger partial charge in [-0.1, -0.05) is 18.2 Å². The third kappa shape index (κ3) is 4.95. The number of nitrogens with zero attached hydrogens (tertiary/aromatic N) is 2. The van der Waals surface area contributed by atoms with Gasteiger partial charge in [-0.15, -0.1) is 0 Å². The molecule has 0 bridgehead atoms. The SMILES string of the molecule is COc1cccc(NC(=O)N2CCN(CCc3ccc(F)cc3)CC2)c1. The van der Waals surface area contributed by atoms with Crippen molar-refractivity contribution in [2.24, 2.45) is 0 Å². The number of anilines is 1. The van der Waals surface area contributed by atoms with Crippen molar-refractivity contribution in [1.82, 2.24) is 9.80 Å². The molecule has 5 nitrogen and oxygen atoms in total. The molecule has 2 aromatic rings. The Morgan fingerprint density at radius 3 is 2.54 bits per heavy atom. The van der Waals surface area contributed by atoms with Crippen LogP contribution in [0.2, 0.25) is 0 Å². The summed E-state index contributed by atoms with van der Waals surface area (Å²) in [5, 5.41) is 2.92. The highest BCUT2D eigenvalue weighted by atomic mass is 19.1. The van der Waals surface area contributed by atoms with Crippen molar-refractivity contribution >= 4 is 11.7 Å². The molecule has 1 fully saturated rings. The lowest BCUT2D eigenvalue weighted by Gasteiger charge is -2.34. The van der Waals surface area contributed by atoms with Crippen LogP contribution in [0, 0.1) is 5.82 Å². The van der Waals surface area contributed by atoms with Gasteiger partial charge in [0.1, 0.15) is 11.6 Å². The Morgan fingerprint density at radius 1 is 1.12 bits per heavy atom. The van der Waals surface area contributed by atoms with Crippen molar-refractivity contribution in [1.29, 1.82) is 0 Å². The molecule has 0 radical (unpaired) electrons. The Kier molecular flexibility index (Phi) is 6.07. The number of urea groups is 1. The number of amides is 2. The summed E-state index contributed by atoms with van der Waals surface area (Å²) in [6.07, 6.45) is 0.885. The van der Waals surface area contributed by atoms with Crippen molar-refractivity contribution in [3.8, 4) is 5.75 Å². The van der Waals surface area contributed by atoms with Gasteiger partial charge in [0.05, 0.1) is 7.11 Å². The van der Waals surface area contributed by atoms with Gasteiger partial charge in [0.25, 0.3) is 0 Å². The summed E-state index contributed by atoms with van der Waals surface area (Å²) in [7, 11) is 1.60. The normalized spacial score (nSPS) is 14.9. The number of benzene rings is 2. The number of halogens is 1. The standard InChI is InChI=1S/C20H24FN3O2/c1-26-19-4-2-3-18(15-19)22-20(25)24-13-11-23(12-14-24)10-9-16-5-7-17(21)8-6-16/h2-8,15H,9-14H2,1H3,(H,22,25). The summed E-state index contributed by atoms with van der Waals surface area (Å²) in [5.41, 5.74) is 1.86. The highest BCUT2D eigenvalue weighted by Crippen LogP contribution is 2.17. The zero-order valence-corrected chi connectivity index (χ0v) is 15.0. The second kappa shape index (κ2) is 8.67. The maximum Gasteiger partial charge on any atom is 0.321 e. The summed E-state index contributed by atoms with van der Waals surface area (Å²) < 4.78 is 18.1. The predicted octanol–water partition coefficient (Wildman–Crippen LogP) is 3.23. The zero-order chi connectivity index (χ0) is 18.4. The van der Waals surface area contributed by atoms with Gasteiger partial charge in [-0.2, -0.15) is 0 Å². The van der Waals surface area contributed by atoms with Gasteiger partial charge in [-0.3, -0.25) is 4.90 Å². The van der Waals surface area contributed by atoms with E-state index in [9.17, 15) is 9.18 Å². The average Bonchev–Trinajstić information content (AvgIpc) is 2.68. The van der Waals surface area contributed by atoms with E-state index < -0.39 is 0 Å². The van der Waals surface area contributed by atoms with Gasteiger partial charge in [0, 0.05) is 44.5 Å². The molecular weight excluding hydrogens is 333 g/mol. The van der Waals surface area contributed by atoms with E-state index in [2.05, 4.69) is 10.2 Å². The zero-order valence-electron chi connectivity index (χ0n) is 15.0. The second-order valence-electron chi connectivity index (χ2n) is 6.37. The first-order valence-corrected chi connectivity index (χ1v) is 8.81. The number of carbonyl (C=O) groups excluding carboxylic acids is 1. The Morgan fingerprint density at radius 2 is 1.85 bits per heavy atom. The average molecular weight is 357 g/mol. The molecule has 0 aromatic heterocycles. The van der Waals surface area contributed by atoms with E-state index in [0.29, 0.717) is 18.8 Å². The Labute approximate surface area is 153 Å². The van der Waals surface area contributed by atoms with Gasteiger partial charge in [0.2, 0.25) is 0 Å². The van der Waals surface area contributed by atoms with Crippen molar-refractivity contribution in [3.05, 3.63) is 59.9 Å². The van der Waals surface area contributed by atoms with Crippen molar-refractivity contribution in [2.45, 2.75) is 6.42 Å². The first kappa shape index (κ1) is 18.2. The van der Waals surface area contributed by atoms with Crippen LogP contribution in [0.1, 0.15) is 5.56 Å². The summed E-state index contributed by atoms with van der Waals surface area (Å²) in [5.74, 6) is 0.512. The second-order valence-corrected chi connectivity index (χ2v) is 6.37. The fourth-order valence-corrected chi connectivity index (χ4v) is 3.02. The molecule has 1 aliphatic rings. The van der Waals surface area contributed by atoms with Crippen LogP contribution in [0.3, 0.4) is 0 Å². The molecule has 0 atom stereocenters. The first-order valence-electron chi connectivity index (χ1n) is 8.81. The van der Waals surface area contributed by atoms with E-state index >= 15 is 0 Å². The van der Waals surface area contributed by atoms with Gasteiger partial charge in [-0.05, 0) is 36.2 Å². The van der Waals surface area contributed by atoms with Crippen molar-refractivity contribution in [3.63, 3.8) is 0 Å². The molecule has 1 saturated heterocycles. The summed E-state index contributed by atoms with van der Waals surface area (Å²) in [6.45, 7) is 3.98. The monoisotopic (exact) mass is 357 g/mol. The molecule has 1 aliphatic heterocycles. The molecule has 2 aromatic carbocycles. The van der Waals surface area contributed by atoms with Crippen LogP contribution in [-0.4, -0.2) is 55.7 Å². The van der Waals surface area contributed by atoms with E-state index in [4.69, 9.17) is 4.74 Å². The smallest absolute Gasteiger partial charge is 0.321 e. The van der Waals surface area contributed by atoms with E-state index in [-0.39, 0.29) is 11.8 Å². The molecule has 0 saturated carbocycles. The fourth-order valence-electron chi connectivity index (χ4n) is 3.02. The number of rotatable bonds is 5. The molecule has 2 amide bonds. The Hall–Kier alpha value is -2.60. The number of hydrogen-bond acceptors (Lipinski definition) is 3. The largest absolute Gasteiger partial charge is 0.497 e.